The molecular weight excluding hydrogens is 274 g/mol. The van der Waals surface area contributed by atoms with Crippen LogP contribution in [0.3, 0.4) is 0 Å². The van der Waals surface area contributed by atoms with Gasteiger partial charge in [-0.1, -0.05) is 6.07 Å². The van der Waals surface area contributed by atoms with Crippen molar-refractivity contribution in [2.75, 3.05) is 13.6 Å². The van der Waals surface area contributed by atoms with Gasteiger partial charge >= 0.3 is 6.03 Å². The van der Waals surface area contributed by atoms with Gasteiger partial charge in [0.15, 0.2) is 0 Å². The molecular formula is C14H21N3O2S. The van der Waals surface area contributed by atoms with Crippen molar-refractivity contribution in [3.8, 4) is 0 Å². The number of urea groups is 1. The Labute approximate surface area is 123 Å². The lowest BCUT2D eigenvalue weighted by molar-refractivity contribution is -0.122. The first-order valence-electron chi connectivity index (χ1n) is 6.94. The molecule has 1 aromatic rings. The molecule has 2 atom stereocenters. The van der Waals surface area contributed by atoms with Crippen molar-refractivity contribution < 1.29 is 9.59 Å². The quantitative estimate of drug-likeness (QED) is 0.897. The van der Waals surface area contributed by atoms with E-state index in [1.54, 1.807) is 23.3 Å². The van der Waals surface area contributed by atoms with Crippen molar-refractivity contribution in [1.82, 2.24) is 15.5 Å². The highest BCUT2D eigenvalue weighted by molar-refractivity contribution is 7.10. The van der Waals surface area contributed by atoms with Crippen LogP contribution in [0, 0.1) is 0 Å². The first-order valence-corrected chi connectivity index (χ1v) is 7.82. The first kappa shape index (κ1) is 14.8. The molecule has 20 heavy (non-hydrogen) atoms. The zero-order valence-corrected chi connectivity index (χ0v) is 12.7. The van der Waals surface area contributed by atoms with Gasteiger partial charge in [0.2, 0.25) is 5.91 Å². The number of hydrogen-bond donors (Lipinski definition) is 2. The third-order valence-corrected chi connectivity index (χ3v) is 4.73. The van der Waals surface area contributed by atoms with Crippen molar-refractivity contribution in [1.29, 1.82) is 0 Å². The van der Waals surface area contributed by atoms with Crippen molar-refractivity contribution in [3.05, 3.63) is 22.4 Å². The summed E-state index contributed by atoms with van der Waals surface area (Å²) in [6.07, 6.45) is 2.63. The van der Waals surface area contributed by atoms with E-state index in [0.29, 0.717) is 13.0 Å². The second-order valence-electron chi connectivity index (χ2n) is 5.09. The van der Waals surface area contributed by atoms with E-state index in [1.807, 2.05) is 24.4 Å². The monoisotopic (exact) mass is 295 g/mol. The summed E-state index contributed by atoms with van der Waals surface area (Å²) in [5.74, 6) is -0.0759. The smallest absolute Gasteiger partial charge is 0.318 e. The van der Waals surface area contributed by atoms with E-state index < -0.39 is 6.04 Å². The Morgan fingerprint density at radius 3 is 3.05 bits per heavy atom. The fourth-order valence-electron chi connectivity index (χ4n) is 2.22. The van der Waals surface area contributed by atoms with E-state index in [9.17, 15) is 9.59 Å². The van der Waals surface area contributed by atoms with Gasteiger partial charge in [0.1, 0.15) is 6.04 Å². The van der Waals surface area contributed by atoms with Crippen molar-refractivity contribution in [2.24, 2.45) is 0 Å². The maximum atomic E-state index is 12.2. The number of hydrogen-bond acceptors (Lipinski definition) is 3. The summed E-state index contributed by atoms with van der Waals surface area (Å²) in [5.41, 5.74) is 0. The number of rotatable bonds is 3. The normalized spacial score (nSPS) is 20.7. The fraction of sp³-hybridized carbons (Fsp3) is 0.571. The molecule has 6 heteroatoms. The Kier molecular flexibility index (Phi) is 5.00. The van der Waals surface area contributed by atoms with Gasteiger partial charge in [-0.05, 0) is 37.6 Å². The molecule has 0 aliphatic carbocycles. The third kappa shape index (κ3) is 3.50. The lowest BCUT2D eigenvalue weighted by Crippen LogP contribution is -2.49. The van der Waals surface area contributed by atoms with E-state index in [0.717, 1.165) is 17.7 Å². The molecule has 1 saturated heterocycles. The molecule has 3 amide bonds. The minimum Gasteiger partial charge on any atom is -0.354 e. The SMILES string of the molecule is C[C@@H](c1cccs1)N(C)C(=O)N[C@H]1CCCCNC1=O. The molecule has 0 aromatic carbocycles. The van der Waals surface area contributed by atoms with Gasteiger partial charge in [0.25, 0.3) is 0 Å². The largest absolute Gasteiger partial charge is 0.354 e. The maximum Gasteiger partial charge on any atom is 0.318 e. The van der Waals surface area contributed by atoms with Gasteiger partial charge in [-0.3, -0.25) is 4.79 Å². The summed E-state index contributed by atoms with van der Waals surface area (Å²) in [4.78, 5) is 26.8. The summed E-state index contributed by atoms with van der Waals surface area (Å²) in [6, 6.07) is 3.37. The molecule has 1 fully saturated rings. The zero-order chi connectivity index (χ0) is 14.5. The van der Waals surface area contributed by atoms with Crippen LogP contribution < -0.4 is 10.6 Å². The van der Waals surface area contributed by atoms with Crippen molar-refractivity contribution in [2.45, 2.75) is 38.3 Å². The standard InChI is InChI=1S/C14H21N3O2S/c1-10(12-7-5-9-20-12)17(2)14(19)16-11-6-3-4-8-15-13(11)18/h5,7,9-11H,3-4,6,8H2,1-2H3,(H,15,18)(H,16,19)/t10-,11-/m0/s1. The molecule has 1 aromatic heterocycles. The second-order valence-corrected chi connectivity index (χ2v) is 6.07. The number of nitrogens with zero attached hydrogens (tertiary/aromatic N) is 1. The number of carbonyl (C=O) groups is 2. The molecule has 0 saturated carbocycles. The van der Waals surface area contributed by atoms with Crippen LogP contribution in [0.1, 0.15) is 37.1 Å². The molecule has 0 spiro atoms. The number of amides is 3. The molecule has 2 rings (SSSR count). The minimum atomic E-state index is -0.414. The molecule has 1 aliphatic heterocycles. The molecule has 0 bridgehead atoms. The Morgan fingerprint density at radius 2 is 2.35 bits per heavy atom. The molecule has 110 valence electrons. The number of nitrogens with one attached hydrogen (secondary N) is 2. The highest BCUT2D eigenvalue weighted by atomic mass is 32.1. The first-order chi connectivity index (χ1) is 9.59. The molecule has 2 N–H and O–H groups in total. The lowest BCUT2D eigenvalue weighted by Gasteiger charge is -2.26. The topological polar surface area (TPSA) is 61.4 Å². The van der Waals surface area contributed by atoms with Crippen LogP contribution in [0.15, 0.2) is 17.5 Å². The highest BCUT2D eigenvalue weighted by Crippen LogP contribution is 2.23. The molecule has 1 aliphatic rings. The summed E-state index contributed by atoms with van der Waals surface area (Å²) in [5, 5.41) is 7.65. The van der Waals surface area contributed by atoms with Gasteiger partial charge in [0.05, 0.1) is 6.04 Å². The van der Waals surface area contributed by atoms with Gasteiger partial charge in [-0.15, -0.1) is 11.3 Å². The lowest BCUT2D eigenvalue weighted by atomic mass is 10.1. The second kappa shape index (κ2) is 6.74. The van der Waals surface area contributed by atoms with Crippen LogP contribution in [-0.2, 0) is 4.79 Å². The Hall–Kier alpha value is -1.56. The predicted octanol–water partition coefficient (Wildman–Crippen LogP) is 2.12. The van der Waals surface area contributed by atoms with Crippen LogP contribution in [0.5, 0.6) is 0 Å². The number of carbonyl (C=O) groups excluding carboxylic acids is 2. The summed E-state index contributed by atoms with van der Waals surface area (Å²) < 4.78 is 0. The van der Waals surface area contributed by atoms with Crippen LogP contribution in [0.2, 0.25) is 0 Å². The van der Waals surface area contributed by atoms with Crippen molar-refractivity contribution >= 4 is 23.3 Å². The third-order valence-electron chi connectivity index (χ3n) is 3.69. The molecule has 0 unspecified atom stereocenters. The van der Waals surface area contributed by atoms with Crippen LogP contribution >= 0.6 is 11.3 Å². The average Bonchev–Trinajstić information content (AvgIpc) is 2.90. The van der Waals surface area contributed by atoms with Gasteiger partial charge in [-0.2, -0.15) is 0 Å². The molecule has 5 nitrogen and oxygen atoms in total. The Morgan fingerprint density at radius 1 is 1.55 bits per heavy atom. The average molecular weight is 295 g/mol. The van der Waals surface area contributed by atoms with E-state index >= 15 is 0 Å². The van der Waals surface area contributed by atoms with E-state index in [-0.39, 0.29) is 18.0 Å². The summed E-state index contributed by atoms with van der Waals surface area (Å²) in [7, 11) is 1.76. The molecule has 0 radical (unpaired) electrons. The maximum absolute atomic E-state index is 12.2. The van der Waals surface area contributed by atoms with Crippen LogP contribution in [0.25, 0.3) is 0 Å². The Bertz CT molecular complexity index is 461. The van der Waals surface area contributed by atoms with Gasteiger partial charge in [0, 0.05) is 18.5 Å². The zero-order valence-electron chi connectivity index (χ0n) is 11.9. The predicted molar refractivity (Wildman–Crippen MR) is 79.7 cm³/mol. The molecule has 2 heterocycles. The van der Waals surface area contributed by atoms with Crippen LogP contribution in [-0.4, -0.2) is 36.5 Å². The summed E-state index contributed by atoms with van der Waals surface area (Å²) >= 11 is 1.63. The summed E-state index contributed by atoms with van der Waals surface area (Å²) in [6.45, 7) is 2.69. The highest BCUT2D eigenvalue weighted by Gasteiger charge is 2.25. The fourth-order valence-corrected chi connectivity index (χ4v) is 3.05. The van der Waals surface area contributed by atoms with E-state index in [4.69, 9.17) is 0 Å². The van der Waals surface area contributed by atoms with Crippen LogP contribution in [0.4, 0.5) is 4.79 Å². The number of thiophene rings is 1. The van der Waals surface area contributed by atoms with Crippen molar-refractivity contribution in [3.63, 3.8) is 0 Å². The van der Waals surface area contributed by atoms with Gasteiger partial charge in [-0.25, -0.2) is 4.79 Å². The van der Waals surface area contributed by atoms with E-state index in [2.05, 4.69) is 10.6 Å². The minimum absolute atomic E-state index is 0.00355. The van der Waals surface area contributed by atoms with Gasteiger partial charge < -0.3 is 15.5 Å². The van der Waals surface area contributed by atoms with E-state index in [1.165, 1.54) is 0 Å². The Balaban J connectivity index is 1.94.